The minimum atomic E-state index is -0.347. The van der Waals surface area contributed by atoms with Crippen molar-refractivity contribution in [2.24, 2.45) is 4.99 Å². The maximum Gasteiger partial charge on any atom is 0.191 e. The van der Waals surface area contributed by atoms with Gasteiger partial charge in [0.05, 0.1) is 13.2 Å². The minimum Gasteiger partial charge on any atom is -0.491 e. The molecular weight excluding hydrogens is 452 g/mol. The van der Waals surface area contributed by atoms with Gasteiger partial charge < -0.3 is 15.4 Å². The minimum absolute atomic E-state index is 0. The van der Waals surface area contributed by atoms with Crippen molar-refractivity contribution in [1.29, 1.82) is 0 Å². The molecule has 138 valence electrons. The van der Waals surface area contributed by atoms with E-state index in [9.17, 15) is 4.39 Å². The van der Waals surface area contributed by atoms with Gasteiger partial charge in [-0.1, -0.05) is 12.1 Å². The van der Waals surface area contributed by atoms with Crippen LogP contribution in [0.15, 0.2) is 40.7 Å². The van der Waals surface area contributed by atoms with Crippen LogP contribution < -0.4 is 15.4 Å². The molecule has 0 saturated carbocycles. The first-order chi connectivity index (χ1) is 11.7. The van der Waals surface area contributed by atoms with Crippen LogP contribution in [0, 0.1) is 5.82 Å². The van der Waals surface area contributed by atoms with Gasteiger partial charge in [-0.3, -0.25) is 0 Å². The average Bonchev–Trinajstić information content (AvgIpc) is 3.08. The second-order valence-corrected chi connectivity index (χ2v) is 6.18. The molecule has 1 aromatic heterocycles. The molecule has 0 aliphatic heterocycles. The third kappa shape index (κ3) is 7.60. The zero-order chi connectivity index (χ0) is 17.2. The van der Waals surface area contributed by atoms with Gasteiger partial charge in [0.15, 0.2) is 17.5 Å². The number of halogens is 2. The van der Waals surface area contributed by atoms with Gasteiger partial charge in [0.1, 0.15) is 0 Å². The Bertz CT molecular complexity index is 650. The summed E-state index contributed by atoms with van der Waals surface area (Å²) in [6, 6.07) is 9.15. The molecule has 0 fully saturated rings. The van der Waals surface area contributed by atoms with Crippen LogP contribution in [-0.4, -0.2) is 25.7 Å². The predicted octanol–water partition coefficient (Wildman–Crippen LogP) is 4.20. The molecule has 0 unspecified atom stereocenters. The Morgan fingerprint density at radius 3 is 2.72 bits per heavy atom. The van der Waals surface area contributed by atoms with E-state index in [2.05, 4.69) is 33.1 Å². The van der Waals surface area contributed by atoms with E-state index in [4.69, 9.17) is 4.74 Å². The van der Waals surface area contributed by atoms with Crippen LogP contribution in [0.4, 0.5) is 4.39 Å². The molecule has 0 bridgehead atoms. The van der Waals surface area contributed by atoms with E-state index in [-0.39, 0.29) is 35.5 Å². The number of nitrogens with zero attached hydrogens (tertiary/aromatic N) is 1. The molecule has 0 amide bonds. The SMILES string of the molecule is CCNC(=NCc1ccc(OCC)c(F)c1)NCCc1cccs1.I. The number of hydrogen-bond acceptors (Lipinski definition) is 3. The molecule has 7 heteroatoms. The van der Waals surface area contributed by atoms with Gasteiger partial charge in [-0.25, -0.2) is 9.38 Å². The summed E-state index contributed by atoms with van der Waals surface area (Å²) in [6.45, 7) is 6.31. The lowest BCUT2D eigenvalue weighted by atomic mass is 10.2. The van der Waals surface area contributed by atoms with E-state index in [1.807, 2.05) is 19.9 Å². The number of nitrogens with one attached hydrogen (secondary N) is 2. The largest absolute Gasteiger partial charge is 0.491 e. The number of guanidine groups is 1. The van der Waals surface area contributed by atoms with Gasteiger partial charge >= 0.3 is 0 Å². The Labute approximate surface area is 169 Å². The first-order valence-electron chi connectivity index (χ1n) is 8.18. The normalized spacial score (nSPS) is 10.9. The lowest BCUT2D eigenvalue weighted by molar-refractivity contribution is 0.321. The number of rotatable bonds is 8. The summed E-state index contributed by atoms with van der Waals surface area (Å²) in [5.74, 6) is 0.676. The fraction of sp³-hybridized carbons (Fsp3) is 0.389. The monoisotopic (exact) mass is 477 g/mol. The summed E-state index contributed by atoms with van der Waals surface area (Å²) in [6.07, 6.45) is 0.958. The van der Waals surface area contributed by atoms with Gasteiger partial charge in [-0.15, -0.1) is 35.3 Å². The van der Waals surface area contributed by atoms with Crippen molar-refractivity contribution in [3.05, 3.63) is 52.0 Å². The molecule has 25 heavy (non-hydrogen) atoms. The van der Waals surface area contributed by atoms with E-state index in [1.165, 1.54) is 10.9 Å². The van der Waals surface area contributed by atoms with Crippen molar-refractivity contribution in [2.45, 2.75) is 26.8 Å². The van der Waals surface area contributed by atoms with Gasteiger partial charge in [-0.05, 0) is 49.4 Å². The molecule has 0 atom stereocenters. The summed E-state index contributed by atoms with van der Waals surface area (Å²) in [4.78, 5) is 5.85. The second kappa shape index (κ2) is 12.1. The van der Waals surface area contributed by atoms with Crippen molar-refractivity contribution in [1.82, 2.24) is 10.6 Å². The van der Waals surface area contributed by atoms with E-state index < -0.39 is 0 Å². The molecule has 2 N–H and O–H groups in total. The van der Waals surface area contributed by atoms with Crippen molar-refractivity contribution >= 4 is 41.3 Å². The first kappa shape index (κ1) is 21.7. The number of thiophene rings is 1. The van der Waals surface area contributed by atoms with Gasteiger partial charge in [-0.2, -0.15) is 0 Å². The molecule has 0 saturated heterocycles. The van der Waals surface area contributed by atoms with E-state index in [1.54, 1.807) is 17.4 Å². The summed E-state index contributed by atoms with van der Waals surface area (Å²) < 4.78 is 19.1. The molecule has 0 aliphatic carbocycles. The van der Waals surface area contributed by atoms with Gasteiger partial charge in [0.2, 0.25) is 0 Å². The number of benzene rings is 1. The van der Waals surface area contributed by atoms with Crippen LogP contribution in [-0.2, 0) is 13.0 Å². The highest BCUT2D eigenvalue weighted by molar-refractivity contribution is 14.0. The van der Waals surface area contributed by atoms with Crippen LogP contribution >= 0.6 is 35.3 Å². The predicted molar refractivity (Wildman–Crippen MR) is 114 cm³/mol. The maximum atomic E-state index is 13.9. The molecule has 0 radical (unpaired) electrons. The molecule has 0 spiro atoms. The topological polar surface area (TPSA) is 45.7 Å². The maximum absolute atomic E-state index is 13.9. The van der Waals surface area contributed by atoms with Crippen LogP contribution in [0.5, 0.6) is 5.75 Å². The first-order valence-corrected chi connectivity index (χ1v) is 9.06. The number of ether oxygens (including phenoxy) is 1. The Hall–Kier alpha value is -1.35. The zero-order valence-electron chi connectivity index (χ0n) is 14.5. The molecule has 2 aromatic rings. The summed E-state index contributed by atoms with van der Waals surface area (Å²) in [5, 5.41) is 8.58. The quantitative estimate of drug-likeness (QED) is 0.341. The third-order valence-electron chi connectivity index (χ3n) is 3.30. The third-order valence-corrected chi connectivity index (χ3v) is 4.24. The molecule has 1 aromatic carbocycles. The van der Waals surface area contributed by atoms with E-state index in [0.717, 1.165) is 31.0 Å². The molecule has 2 rings (SSSR count). The summed E-state index contributed by atoms with van der Waals surface area (Å²) >= 11 is 1.75. The lowest BCUT2D eigenvalue weighted by Gasteiger charge is -2.11. The van der Waals surface area contributed by atoms with Gasteiger partial charge in [0, 0.05) is 18.0 Å². The highest BCUT2D eigenvalue weighted by Crippen LogP contribution is 2.18. The van der Waals surface area contributed by atoms with Crippen molar-refractivity contribution < 1.29 is 9.13 Å². The Kier molecular flexibility index (Phi) is 10.5. The fourth-order valence-electron chi connectivity index (χ4n) is 2.19. The Morgan fingerprint density at radius 1 is 1.24 bits per heavy atom. The second-order valence-electron chi connectivity index (χ2n) is 5.15. The lowest BCUT2D eigenvalue weighted by Crippen LogP contribution is -2.38. The molecule has 0 aliphatic rings. The Balaban J connectivity index is 0.00000312. The van der Waals surface area contributed by atoms with Crippen LogP contribution in [0.2, 0.25) is 0 Å². The number of hydrogen-bond donors (Lipinski definition) is 2. The molecule has 1 heterocycles. The fourth-order valence-corrected chi connectivity index (χ4v) is 2.90. The zero-order valence-corrected chi connectivity index (χ0v) is 17.7. The van der Waals surface area contributed by atoms with Crippen LogP contribution in [0.25, 0.3) is 0 Å². The summed E-state index contributed by atoms with van der Waals surface area (Å²) in [5.41, 5.74) is 0.811. The molecular formula is C18H25FIN3OS. The average molecular weight is 477 g/mol. The van der Waals surface area contributed by atoms with Crippen molar-refractivity contribution in [3.8, 4) is 5.75 Å². The van der Waals surface area contributed by atoms with Crippen LogP contribution in [0.1, 0.15) is 24.3 Å². The standard InChI is InChI=1S/C18H24FN3OS.HI/c1-3-20-18(21-10-9-15-6-5-11-24-15)22-13-14-7-8-17(23-4-2)16(19)12-14;/h5-8,11-12H,3-4,9-10,13H2,1-2H3,(H2,20,21,22);1H. The van der Waals surface area contributed by atoms with Crippen molar-refractivity contribution in [2.75, 3.05) is 19.7 Å². The highest BCUT2D eigenvalue weighted by atomic mass is 127. The smallest absolute Gasteiger partial charge is 0.191 e. The van der Waals surface area contributed by atoms with Gasteiger partial charge in [0.25, 0.3) is 0 Å². The van der Waals surface area contributed by atoms with E-state index in [0.29, 0.717) is 13.2 Å². The number of aliphatic imine (C=N–C) groups is 1. The van der Waals surface area contributed by atoms with E-state index >= 15 is 0 Å². The molecule has 4 nitrogen and oxygen atoms in total. The van der Waals surface area contributed by atoms with Crippen molar-refractivity contribution in [3.63, 3.8) is 0 Å². The summed E-state index contributed by atoms with van der Waals surface area (Å²) in [7, 11) is 0. The highest BCUT2D eigenvalue weighted by Gasteiger charge is 2.04. The van der Waals surface area contributed by atoms with Crippen LogP contribution in [0.3, 0.4) is 0 Å². The Morgan fingerprint density at radius 2 is 2.08 bits per heavy atom.